The smallest absolute Gasteiger partial charge is 0.0668 e. The third kappa shape index (κ3) is 11.8. The number of nitrogens with one attached hydrogen (secondary N) is 1. The molecule has 1 fully saturated rings. The monoisotopic (exact) mass is 788 g/mol. The average molecular weight is 789 g/mol. The summed E-state index contributed by atoms with van der Waals surface area (Å²) in [4.78, 5) is 50.9. The van der Waals surface area contributed by atoms with Gasteiger partial charge in [-0.15, -0.1) is 5.10 Å². The third-order valence-corrected chi connectivity index (χ3v) is 13.1. The van der Waals surface area contributed by atoms with Crippen molar-refractivity contribution >= 4 is 13.6 Å². The molecule has 3 aromatic rings. The summed E-state index contributed by atoms with van der Waals surface area (Å²) in [5.41, 5.74) is 1.13. The van der Waals surface area contributed by atoms with Crippen molar-refractivity contribution in [1.29, 1.82) is 5.26 Å². The maximum atomic E-state index is 12.8. The number of nitriles is 1. The molecule has 17 nitrogen and oxygen atoms in total. The number of hydrogen-bond acceptors (Lipinski definition) is 13. The fraction of sp³-hybridized carbons (Fsp3) is 0.649. The molecule has 18 heteroatoms. The number of nitrogens with zero attached hydrogens (tertiary/aromatic N) is 7. The first kappa shape index (κ1) is 43.8. The summed E-state index contributed by atoms with van der Waals surface area (Å²) in [5, 5.41) is 29.9. The number of aromatic nitrogens is 5. The maximum Gasteiger partial charge on any atom is -0.0668 e. The van der Waals surface area contributed by atoms with E-state index in [9.17, 15) is 29.9 Å². The molecule has 4 rings (SSSR count). The Morgan fingerprint density at radius 2 is 1.93 bits per heavy atom. The molecule has 0 saturated carbocycles. The Hall–Kier alpha value is -3.88. The fourth-order valence-electron chi connectivity index (χ4n) is 7.11. The van der Waals surface area contributed by atoms with Crippen molar-refractivity contribution in [3.63, 3.8) is 0 Å². The zero-order valence-corrected chi connectivity index (χ0v) is 34.0. The predicted octanol–water partition coefficient (Wildman–Crippen LogP) is 5.46. The van der Waals surface area contributed by atoms with Gasteiger partial charge >= 0.3 is 257 Å². The molecule has 0 spiro atoms. The number of hydrogen-bond donors (Lipinski definition) is 2. The van der Waals surface area contributed by atoms with Crippen LogP contribution >= 0.6 is 7.87 Å². The van der Waals surface area contributed by atoms with Crippen LogP contribution in [-0.4, -0.2) is 82.9 Å². The summed E-state index contributed by atoms with van der Waals surface area (Å²) < 4.78 is 29.7. The molecule has 0 bridgehead atoms. The summed E-state index contributed by atoms with van der Waals surface area (Å²) in [5.74, 6) is 0. The SMILES string of the molecule is CCCCCCc1cn(Cc2ccc([N+](=O)[O-])c(C(C)OCOC[C@H]3O[C@@H](n4cc(C)c(=O)[nH]c4=O)C[C@@H]3O[PH](O)(CCC#N)N(C(C)C)C(C)C)c2)nn1. The van der Waals surface area contributed by atoms with Crippen molar-refractivity contribution in [2.24, 2.45) is 0 Å². The van der Waals surface area contributed by atoms with Gasteiger partial charge in [0.05, 0.1) is 5.69 Å². The van der Waals surface area contributed by atoms with Gasteiger partial charge in [0.15, 0.2) is 0 Å². The Balaban J connectivity index is 1.48. The first-order valence-electron chi connectivity index (χ1n) is 19.1. The number of rotatable bonds is 22. The number of benzene rings is 1. The van der Waals surface area contributed by atoms with Gasteiger partial charge in [-0.25, -0.2) is 4.68 Å². The van der Waals surface area contributed by atoms with Crippen LogP contribution in [0.2, 0.25) is 0 Å². The van der Waals surface area contributed by atoms with Crippen molar-refractivity contribution < 1.29 is 28.6 Å². The molecule has 1 unspecified atom stereocenters. The second kappa shape index (κ2) is 20.3. The Morgan fingerprint density at radius 3 is 2.60 bits per heavy atom. The van der Waals surface area contributed by atoms with Gasteiger partial charge in [0.1, 0.15) is 0 Å². The molecular formula is C37H57N8O9P. The quantitative estimate of drug-likeness (QED) is 0.0426. The van der Waals surface area contributed by atoms with Crippen molar-refractivity contribution in [1.82, 2.24) is 29.2 Å². The van der Waals surface area contributed by atoms with Gasteiger partial charge in [-0.1, -0.05) is 31.4 Å². The van der Waals surface area contributed by atoms with Crippen LogP contribution in [-0.2, 0) is 31.7 Å². The zero-order chi connectivity index (χ0) is 40.3. The second-order valence-corrected chi connectivity index (χ2v) is 17.4. The van der Waals surface area contributed by atoms with Crippen molar-refractivity contribution in [2.45, 2.75) is 137 Å². The average Bonchev–Trinajstić information content (AvgIpc) is 3.74. The van der Waals surface area contributed by atoms with Crippen LogP contribution in [0.5, 0.6) is 0 Å². The van der Waals surface area contributed by atoms with Gasteiger partial charge in [-0.2, -0.15) is 0 Å². The van der Waals surface area contributed by atoms with E-state index in [1.807, 2.05) is 38.6 Å². The van der Waals surface area contributed by atoms with E-state index in [4.69, 9.17) is 18.7 Å². The van der Waals surface area contributed by atoms with E-state index in [2.05, 4.69) is 28.3 Å². The van der Waals surface area contributed by atoms with Crippen molar-refractivity contribution in [3.05, 3.63) is 83.9 Å². The Kier molecular flexibility index (Phi) is 16.2. The van der Waals surface area contributed by atoms with Gasteiger partial charge in [0, 0.05) is 6.20 Å². The van der Waals surface area contributed by atoms with E-state index in [-0.39, 0.29) is 50.2 Å². The van der Waals surface area contributed by atoms with E-state index >= 15 is 0 Å². The van der Waals surface area contributed by atoms with Crippen LogP contribution < -0.4 is 11.2 Å². The zero-order valence-electron chi connectivity index (χ0n) is 33.0. The topological polar surface area (TPSA) is 213 Å². The molecule has 3 heterocycles. The number of aromatic amines is 1. The van der Waals surface area contributed by atoms with Crippen molar-refractivity contribution in [3.8, 4) is 6.07 Å². The Bertz CT molecular complexity index is 1870. The largest absolute Gasteiger partial charge is 0.135 e. The van der Waals surface area contributed by atoms with E-state index in [0.29, 0.717) is 17.7 Å². The summed E-state index contributed by atoms with van der Waals surface area (Å²) in [6.45, 7) is 13.3. The van der Waals surface area contributed by atoms with Crippen LogP contribution in [0.3, 0.4) is 0 Å². The van der Waals surface area contributed by atoms with Crippen LogP contribution in [0, 0.1) is 28.4 Å². The molecule has 1 aliphatic heterocycles. The van der Waals surface area contributed by atoms with Crippen LogP contribution in [0.1, 0.15) is 115 Å². The molecule has 0 radical (unpaired) electrons. The first-order chi connectivity index (χ1) is 26.2. The summed E-state index contributed by atoms with van der Waals surface area (Å²) in [6.07, 6.45) is 5.91. The number of ether oxygens (including phenoxy) is 3. The second-order valence-electron chi connectivity index (χ2n) is 14.7. The minimum atomic E-state index is -3.74. The number of unbranched alkanes of at least 4 members (excludes halogenated alkanes) is 3. The standard InChI is InChI=1S/C37H57N8O9P/c1-8-9-10-11-13-30-22-42(41-40-30)21-29-14-15-32(45(48)49)31(18-29)28(7)52-24-51-23-34-33(19-35(53-34)43-20-27(6)36(46)39-37(43)47)54-55(50,17-12-16-38)44(25(2)3)26(4)5/h14-15,18,20,22,25-26,28,33-35,50,55H,8-13,17,19,21,23-24H2,1-7H3,(H,39,46,47)/t28?,33-,34+,35+/m0/s1. The van der Waals surface area contributed by atoms with E-state index in [1.54, 1.807) is 30.7 Å². The van der Waals surface area contributed by atoms with Gasteiger partial charge in [-0.05, 0) is 12.8 Å². The molecule has 4 atom stereocenters. The maximum absolute atomic E-state index is 12.8. The summed E-state index contributed by atoms with van der Waals surface area (Å²) in [6, 6.07) is 6.80. The number of nitro benzene ring substituents is 1. The van der Waals surface area contributed by atoms with E-state index in [0.717, 1.165) is 36.9 Å². The van der Waals surface area contributed by atoms with Gasteiger partial charge in [0.25, 0.3) is 0 Å². The van der Waals surface area contributed by atoms with Gasteiger partial charge < -0.3 is 0 Å². The Morgan fingerprint density at radius 1 is 1.18 bits per heavy atom. The van der Waals surface area contributed by atoms with Crippen molar-refractivity contribution in [2.75, 3.05) is 19.6 Å². The molecule has 304 valence electrons. The summed E-state index contributed by atoms with van der Waals surface area (Å²) >= 11 is 0. The molecule has 1 aliphatic rings. The Labute approximate surface area is 322 Å². The molecule has 2 N–H and O–H groups in total. The summed E-state index contributed by atoms with van der Waals surface area (Å²) in [7, 11) is -3.74. The first-order valence-corrected chi connectivity index (χ1v) is 21.1. The molecule has 0 amide bonds. The molecule has 1 saturated heterocycles. The number of H-pyrrole nitrogens is 1. The molecule has 0 aliphatic carbocycles. The van der Waals surface area contributed by atoms with E-state index in [1.165, 1.54) is 23.3 Å². The predicted molar refractivity (Wildman–Crippen MR) is 208 cm³/mol. The normalized spacial score (nSPS) is 18.3. The third-order valence-electron chi connectivity index (χ3n) is 9.68. The van der Waals surface area contributed by atoms with Gasteiger partial charge in [0.2, 0.25) is 0 Å². The van der Waals surface area contributed by atoms with Crippen LogP contribution in [0.25, 0.3) is 0 Å². The van der Waals surface area contributed by atoms with Crippen LogP contribution in [0.15, 0.2) is 40.2 Å². The number of aryl methyl sites for hydroxylation is 2. The molecular weight excluding hydrogens is 731 g/mol. The minimum absolute atomic E-state index is 0.0769. The van der Waals surface area contributed by atoms with Crippen LogP contribution in [0.4, 0.5) is 5.69 Å². The fourth-order valence-corrected chi connectivity index (χ4v) is 10.4. The number of nitro groups is 1. The molecule has 1 aromatic carbocycles. The van der Waals surface area contributed by atoms with E-state index < -0.39 is 48.6 Å². The molecule has 2 aromatic heterocycles. The minimum Gasteiger partial charge on any atom is -0.135 e. The molecule has 55 heavy (non-hydrogen) atoms. The van der Waals surface area contributed by atoms with Gasteiger partial charge in [-0.3, -0.25) is 0 Å².